The lowest BCUT2D eigenvalue weighted by Gasteiger charge is -2.27. The van der Waals surface area contributed by atoms with Crippen molar-refractivity contribution in [2.75, 3.05) is 0 Å². The van der Waals surface area contributed by atoms with Gasteiger partial charge in [0.1, 0.15) is 0 Å². The summed E-state index contributed by atoms with van der Waals surface area (Å²) in [6.45, 7) is 9.33. The highest BCUT2D eigenvalue weighted by Crippen LogP contribution is 2.19. The average Bonchev–Trinajstić information content (AvgIpc) is 2.30. The van der Waals surface area contributed by atoms with Gasteiger partial charge in [0.05, 0.1) is 5.54 Å². The second-order valence-corrected chi connectivity index (χ2v) is 4.53. The Hall–Kier alpha value is -1.83. The summed E-state index contributed by atoms with van der Waals surface area (Å²) >= 11 is 0. The van der Waals surface area contributed by atoms with Gasteiger partial charge in [-0.2, -0.15) is 0 Å². The van der Waals surface area contributed by atoms with E-state index in [0.717, 1.165) is 5.56 Å². The molecule has 1 aromatic rings. The third-order valence-corrected chi connectivity index (χ3v) is 2.65. The van der Waals surface area contributed by atoms with Crippen molar-refractivity contribution >= 4 is 5.91 Å². The van der Waals surface area contributed by atoms with Crippen LogP contribution in [0, 0.1) is 0 Å². The molecule has 0 aliphatic rings. The molecule has 0 heterocycles. The van der Waals surface area contributed by atoms with Crippen molar-refractivity contribution in [2.24, 2.45) is 0 Å². The Kier molecular flexibility index (Phi) is 4.27. The highest BCUT2D eigenvalue weighted by Gasteiger charge is 2.22. The van der Waals surface area contributed by atoms with Crippen LogP contribution >= 0.6 is 0 Å². The molecule has 0 saturated heterocycles. The number of amides is 1. The van der Waals surface area contributed by atoms with Gasteiger partial charge in [0.2, 0.25) is 5.91 Å². The molecule has 0 saturated carbocycles. The van der Waals surface area contributed by atoms with Gasteiger partial charge >= 0.3 is 0 Å². The zero-order valence-electron chi connectivity index (χ0n) is 10.7. The van der Waals surface area contributed by atoms with Crippen LogP contribution in [-0.2, 0) is 10.3 Å². The second kappa shape index (κ2) is 5.48. The van der Waals surface area contributed by atoms with Crippen molar-refractivity contribution in [3.8, 4) is 0 Å². The summed E-state index contributed by atoms with van der Waals surface area (Å²) < 4.78 is 0. The van der Waals surface area contributed by atoms with Crippen molar-refractivity contribution in [3.05, 3.63) is 60.2 Å². The molecular weight excluding hydrogens is 210 g/mol. The average molecular weight is 229 g/mol. The largest absolute Gasteiger partial charge is 0.343 e. The third-order valence-electron chi connectivity index (χ3n) is 2.65. The molecule has 1 amide bonds. The number of hydrogen-bond acceptors (Lipinski definition) is 1. The van der Waals surface area contributed by atoms with Crippen molar-refractivity contribution in [2.45, 2.75) is 26.3 Å². The minimum Gasteiger partial charge on any atom is -0.343 e. The van der Waals surface area contributed by atoms with E-state index in [0.29, 0.717) is 5.57 Å². The molecule has 1 aromatic carbocycles. The Bertz CT molecular complexity index is 429. The van der Waals surface area contributed by atoms with Gasteiger partial charge in [-0.3, -0.25) is 4.79 Å². The molecule has 0 fully saturated rings. The number of nitrogens with one attached hydrogen (secondary N) is 1. The lowest BCUT2D eigenvalue weighted by molar-refractivity contribution is -0.119. The smallest absolute Gasteiger partial charge is 0.247 e. The Morgan fingerprint density at radius 1 is 1.29 bits per heavy atom. The molecule has 0 bridgehead atoms. The number of hydrogen-bond donors (Lipinski definition) is 1. The summed E-state index contributed by atoms with van der Waals surface area (Å²) in [4.78, 5) is 11.9. The predicted octanol–water partition coefficient (Wildman–Crippen LogP) is 3.17. The molecule has 0 radical (unpaired) electrons. The lowest BCUT2D eigenvalue weighted by Crippen LogP contribution is -2.41. The van der Waals surface area contributed by atoms with E-state index in [2.05, 4.69) is 11.9 Å². The van der Waals surface area contributed by atoms with Crippen LogP contribution in [0.15, 0.2) is 54.6 Å². The molecule has 0 aliphatic carbocycles. The van der Waals surface area contributed by atoms with E-state index >= 15 is 0 Å². The van der Waals surface area contributed by atoms with E-state index in [4.69, 9.17) is 0 Å². The lowest BCUT2D eigenvalue weighted by atomic mass is 9.94. The highest BCUT2D eigenvalue weighted by molar-refractivity contribution is 5.93. The van der Waals surface area contributed by atoms with E-state index in [1.165, 1.54) is 0 Å². The standard InChI is InChI=1S/C15H19NO/c1-5-9-12(2)14(17)16-15(3,4)13-10-7-6-8-11-13/h5-11H,1H2,2-4H3,(H,16,17). The van der Waals surface area contributed by atoms with Crippen LogP contribution in [0.4, 0.5) is 0 Å². The highest BCUT2D eigenvalue weighted by atomic mass is 16.1. The van der Waals surface area contributed by atoms with Gasteiger partial charge in [0.15, 0.2) is 0 Å². The number of carbonyl (C=O) groups is 1. The van der Waals surface area contributed by atoms with E-state index in [1.807, 2.05) is 44.2 Å². The van der Waals surface area contributed by atoms with E-state index < -0.39 is 0 Å². The van der Waals surface area contributed by atoms with Gasteiger partial charge in [-0.25, -0.2) is 0 Å². The molecule has 0 aromatic heterocycles. The fourth-order valence-electron chi connectivity index (χ4n) is 1.56. The van der Waals surface area contributed by atoms with Gasteiger partial charge in [-0.05, 0) is 26.3 Å². The summed E-state index contributed by atoms with van der Waals surface area (Å²) in [6.07, 6.45) is 3.32. The van der Waals surface area contributed by atoms with E-state index in [-0.39, 0.29) is 11.4 Å². The zero-order valence-corrected chi connectivity index (χ0v) is 10.7. The van der Waals surface area contributed by atoms with Gasteiger partial charge in [-0.1, -0.05) is 49.1 Å². The summed E-state index contributed by atoms with van der Waals surface area (Å²) in [5.74, 6) is -0.0706. The number of allylic oxidation sites excluding steroid dienone is 2. The van der Waals surface area contributed by atoms with E-state index in [9.17, 15) is 4.79 Å². The number of rotatable bonds is 4. The van der Waals surface area contributed by atoms with E-state index in [1.54, 1.807) is 19.1 Å². The maximum Gasteiger partial charge on any atom is 0.247 e. The Balaban J connectivity index is 2.84. The second-order valence-electron chi connectivity index (χ2n) is 4.53. The minimum absolute atomic E-state index is 0.0706. The summed E-state index contributed by atoms with van der Waals surface area (Å²) in [7, 11) is 0. The Morgan fingerprint density at radius 2 is 1.88 bits per heavy atom. The SMILES string of the molecule is C=CC=C(C)C(=O)NC(C)(C)c1ccccc1. The molecule has 0 atom stereocenters. The molecular formula is C15H19NO. The first-order valence-electron chi connectivity index (χ1n) is 5.65. The summed E-state index contributed by atoms with van der Waals surface area (Å²) in [5, 5.41) is 3.00. The maximum absolute atomic E-state index is 11.9. The third kappa shape index (κ3) is 3.59. The van der Waals surface area contributed by atoms with Crippen molar-refractivity contribution in [1.82, 2.24) is 5.32 Å². The van der Waals surface area contributed by atoms with Gasteiger partial charge in [0, 0.05) is 5.57 Å². The van der Waals surface area contributed by atoms with Crippen molar-refractivity contribution < 1.29 is 4.79 Å². The quantitative estimate of drug-likeness (QED) is 0.623. The van der Waals surface area contributed by atoms with Crippen molar-refractivity contribution in [3.63, 3.8) is 0 Å². The Morgan fingerprint density at radius 3 is 2.41 bits per heavy atom. The maximum atomic E-state index is 11.9. The molecule has 2 nitrogen and oxygen atoms in total. The van der Waals surface area contributed by atoms with Crippen LogP contribution in [0.2, 0.25) is 0 Å². The summed E-state index contributed by atoms with van der Waals surface area (Å²) in [6, 6.07) is 9.91. The molecule has 1 N–H and O–H groups in total. The van der Waals surface area contributed by atoms with Crippen molar-refractivity contribution in [1.29, 1.82) is 0 Å². The number of carbonyl (C=O) groups excluding carboxylic acids is 1. The predicted molar refractivity (Wildman–Crippen MR) is 71.6 cm³/mol. The Labute approximate surface area is 103 Å². The molecule has 2 heteroatoms. The first kappa shape index (κ1) is 13.2. The van der Waals surface area contributed by atoms with Gasteiger partial charge in [0.25, 0.3) is 0 Å². The first-order chi connectivity index (χ1) is 7.97. The molecule has 90 valence electrons. The first-order valence-corrected chi connectivity index (χ1v) is 5.65. The van der Waals surface area contributed by atoms with Crippen LogP contribution in [0.5, 0.6) is 0 Å². The van der Waals surface area contributed by atoms with Crippen LogP contribution in [0.3, 0.4) is 0 Å². The fourth-order valence-corrected chi connectivity index (χ4v) is 1.56. The minimum atomic E-state index is -0.380. The topological polar surface area (TPSA) is 29.1 Å². The van der Waals surface area contributed by atoms with Crippen LogP contribution in [0.25, 0.3) is 0 Å². The molecule has 0 aliphatic heterocycles. The zero-order chi connectivity index (χ0) is 12.9. The monoisotopic (exact) mass is 229 g/mol. The molecule has 0 spiro atoms. The van der Waals surface area contributed by atoms with Crippen LogP contribution in [0.1, 0.15) is 26.3 Å². The molecule has 1 rings (SSSR count). The van der Waals surface area contributed by atoms with Crippen LogP contribution < -0.4 is 5.32 Å². The fraction of sp³-hybridized carbons (Fsp3) is 0.267. The molecule has 0 unspecified atom stereocenters. The van der Waals surface area contributed by atoms with Crippen LogP contribution in [-0.4, -0.2) is 5.91 Å². The van der Waals surface area contributed by atoms with Gasteiger partial charge in [-0.15, -0.1) is 0 Å². The molecule has 17 heavy (non-hydrogen) atoms. The number of benzene rings is 1. The normalized spacial score (nSPS) is 12.1. The summed E-state index contributed by atoms with van der Waals surface area (Å²) in [5.41, 5.74) is 1.36. The van der Waals surface area contributed by atoms with Gasteiger partial charge < -0.3 is 5.32 Å².